The highest BCUT2D eigenvalue weighted by Gasteiger charge is 2.25. The van der Waals surface area contributed by atoms with Gasteiger partial charge in [0.15, 0.2) is 0 Å². The van der Waals surface area contributed by atoms with Gasteiger partial charge < -0.3 is 10.6 Å². The standard InChI is InChI=1S/C14H20N4S2/c1-3-10-5-4-6-18(7-10)14-12(13(15)17-20-14)11-8-19-9(2)16-11/h8,10H,3-7H2,1-2H3,(H2,15,17). The maximum Gasteiger partial charge on any atom is 0.148 e. The summed E-state index contributed by atoms with van der Waals surface area (Å²) < 4.78 is 4.37. The molecule has 4 nitrogen and oxygen atoms in total. The van der Waals surface area contributed by atoms with E-state index in [1.165, 1.54) is 35.8 Å². The molecule has 2 N–H and O–H groups in total. The van der Waals surface area contributed by atoms with E-state index in [0.717, 1.165) is 35.3 Å². The van der Waals surface area contributed by atoms with Crippen LogP contribution in [0.15, 0.2) is 5.38 Å². The van der Waals surface area contributed by atoms with Crippen molar-refractivity contribution in [3.63, 3.8) is 0 Å². The molecule has 108 valence electrons. The van der Waals surface area contributed by atoms with Crippen molar-refractivity contribution < 1.29 is 0 Å². The van der Waals surface area contributed by atoms with Crippen LogP contribution in [0, 0.1) is 12.8 Å². The number of nitrogens with two attached hydrogens (primary N) is 1. The van der Waals surface area contributed by atoms with Crippen molar-refractivity contribution in [2.45, 2.75) is 33.1 Å². The number of hydrogen-bond acceptors (Lipinski definition) is 6. The van der Waals surface area contributed by atoms with Crippen LogP contribution in [0.4, 0.5) is 10.8 Å². The van der Waals surface area contributed by atoms with Crippen LogP contribution in [-0.2, 0) is 0 Å². The first kappa shape index (κ1) is 13.8. The van der Waals surface area contributed by atoms with Crippen molar-refractivity contribution in [1.82, 2.24) is 9.36 Å². The van der Waals surface area contributed by atoms with Crippen LogP contribution in [0.25, 0.3) is 11.3 Å². The van der Waals surface area contributed by atoms with Gasteiger partial charge >= 0.3 is 0 Å². The maximum atomic E-state index is 6.09. The zero-order valence-electron chi connectivity index (χ0n) is 11.9. The molecule has 0 spiro atoms. The molecule has 3 rings (SSSR count). The van der Waals surface area contributed by atoms with Crippen molar-refractivity contribution in [2.75, 3.05) is 23.7 Å². The Bertz CT molecular complexity index is 590. The van der Waals surface area contributed by atoms with E-state index in [4.69, 9.17) is 5.73 Å². The van der Waals surface area contributed by atoms with Gasteiger partial charge in [-0.25, -0.2) is 4.98 Å². The predicted octanol–water partition coefficient (Wildman–Crippen LogP) is 3.78. The van der Waals surface area contributed by atoms with Gasteiger partial charge in [0.2, 0.25) is 0 Å². The predicted molar refractivity (Wildman–Crippen MR) is 87.6 cm³/mol. The number of thiazole rings is 1. The van der Waals surface area contributed by atoms with Gasteiger partial charge in [0, 0.05) is 18.5 Å². The zero-order chi connectivity index (χ0) is 14.1. The highest BCUT2D eigenvalue weighted by molar-refractivity contribution is 7.11. The summed E-state index contributed by atoms with van der Waals surface area (Å²) in [5.74, 6) is 1.41. The lowest BCUT2D eigenvalue weighted by Gasteiger charge is -2.33. The first-order valence-electron chi connectivity index (χ1n) is 7.11. The Kier molecular flexibility index (Phi) is 3.94. The summed E-state index contributed by atoms with van der Waals surface area (Å²) in [6, 6.07) is 0. The third-order valence-electron chi connectivity index (χ3n) is 3.96. The summed E-state index contributed by atoms with van der Waals surface area (Å²) in [6.07, 6.45) is 3.84. The van der Waals surface area contributed by atoms with E-state index in [-0.39, 0.29) is 0 Å². The molecule has 0 amide bonds. The normalized spacial score (nSPS) is 19.5. The molecule has 1 aliphatic rings. The molecule has 2 aromatic rings. The summed E-state index contributed by atoms with van der Waals surface area (Å²) in [6.45, 7) is 6.53. The Balaban J connectivity index is 1.94. The second-order valence-corrected chi connectivity index (χ2v) is 7.18. The Hall–Kier alpha value is -1.14. The second kappa shape index (κ2) is 5.69. The second-order valence-electron chi connectivity index (χ2n) is 5.36. The fraction of sp³-hybridized carbons (Fsp3) is 0.571. The highest BCUT2D eigenvalue weighted by Crippen LogP contribution is 2.41. The number of nitrogen functional groups attached to an aromatic ring is 1. The van der Waals surface area contributed by atoms with Gasteiger partial charge in [0.1, 0.15) is 10.8 Å². The highest BCUT2D eigenvalue weighted by atomic mass is 32.1. The SMILES string of the molecule is CCC1CCCN(c2snc(N)c2-c2csc(C)n2)C1. The number of aromatic nitrogens is 2. The fourth-order valence-electron chi connectivity index (χ4n) is 2.81. The van der Waals surface area contributed by atoms with E-state index in [9.17, 15) is 0 Å². The molecule has 0 aliphatic carbocycles. The average molecular weight is 308 g/mol. The van der Waals surface area contributed by atoms with Gasteiger partial charge in [-0.2, -0.15) is 4.37 Å². The quantitative estimate of drug-likeness (QED) is 0.937. The summed E-state index contributed by atoms with van der Waals surface area (Å²) in [7, 11) is 0. The van der Waals surface area contributed by atoms with Crippen LogP contribution in [0.3, 0.4) is 0 Å². The lowest BCUT2D eigenvalue weighted by Crippen LogP contribution is -2.34. The number of piperidine rings is 1. The fourth-order valence-corrected chi connectivity index (χ4v) is 4.27. The molecule has 0 bridgehead atoms. The monoisotopic (exact) mass is 308 g/mol. The molecule has 1 unspecified atom stereocenters. The number of anilines is 2. The van der Waals surface area contributed by atoms with Gasteiger partial charge in [0.05, 0.1) is 16.3 Å². The summed E-state index contributed by atoms with van der Waals surface area (Å²) >= 11 is 3.18. The van der Waals surface area contributed by atoms with Crippen molar-refractivity contribution in [1.29, 1.82) is 0 Å². The van der Waals surface area contributed by atoms with Crippen molar-refractivity contribution in [3.8, 4) is 11.3 Å². The van der Waals surface area contributed by atoms with E-state index < -0.39 is 0 Å². The molecular formula is C14H20N4S2. The molecule has 2 aromatic heterocycles. The lowest BCUT2D eigenvalue weighted by molar-refractivity contribution is 0.406. The summed E-state index contributed by atoms with van der Waals surface area (Å²) in [5.41, 5.74) is 8.11. The van der Waals surface area contributed by atoms with Crippen LogP contribution in [0.2, 0.25) is 0 Å². The van der Waals surface area contributed by atoms with Crippen molar-refractivity contribution >= 4 is 33.7 Å². The van der Waals surface area contributed by atoms with E-state index in [0.29, 0.717) is 5.82 Å². The molecule has 1 saturated heterocycles. The molecule has 3 heterocycles. The van der Waals surface area contributed by atoms with E-state index in [1.807, 2.05) is 6.92 Å². The minimum Gasteiger partial charge on any atom is -0.382 e. The largest absolute Gasteiger partial charge is 0.382 e. The number of aryl methyl sites for hydroxylation is 1. The van der Waals surface area contributed by atoms with Crippen LogP contribution in [0.5, 0.6) is 0 Å². The third-order valence-corrected chi connectivity index (χ3v) is 5.66. The van der Waals surface area contributed by atoms with E-state index in [2.05, 4.69) is 26.6 Å². The maximum absolute atomic E-state index is 6.09. The number of rotatable bonds is 3. The minimum atomic E-state index is 0.619. The van der Waals surface area contributed by atoms with Crippen molar-refractivity contribution in [2.24, 2.45) is 5.92 Å². The Morgan fingerprint density at radius 3 is 3.05 bits per heavy atom. The van der Waals surface area contributed by atoms with Gasteiger partial charge in [0.25, 0.3) is 0 Å². The zero-order valence-corrected chi connectivity index (χ0v) is 13.6. The Morgan fingerprint density at radius 2 is 2.35 bits per heavy atom. The smallest absolute Gasteiger partial charge is 0.148 e. The van der Waals surface area contributed by atoms with Gasteiger partial charge in [-0.15, -0.1) is 11.3 Å². The molecule has 1 aliphatic heterocycles. The molecule has 1 fully saturated rings. The average Bonchev–Trinajstić information content (AvgIpc) is 3.04. The number of nitrogens with zero attached hydrogens (tertiary/aromatic N) is 3. The summed E-state index contributed by atoms with van der Waals surface area (Å²) in [5, 5.41) is 4.35. The van der Waals surface area contributed by atoms with Gasteiger partial charge in [-0.3, -0.25) is 0 Å². The van der Waals surface area contributed by atoms with Crippen LogP contribution in [-0.4, -0.2) is 22.4 Å². The molecule has 0 saturated carbocycles. The lowest BCUT2D eigenvalue weighted by atomic mass is 9.95. The third kappa shape index (κ3) is 2.54. The van der Waals surface area contributed by atoms with Crippen molar-refractivity contribution in [3.05, 3.63) is 10.4 Å². The first-order chi connectivity index (χ1) is 9.69. The first-order valence-corrected chi connectivity index (χ1v) is 8.77. The molecule has 6 heteroatoms. The summed E-state index contributed by atoms with van der Waals surface area (Å²) in [4.78, 5) is 7.04. The topological polar surface area (TPSA) is 55.0 Å². The molecule has 0 radical (unpaired) electrons. The molecule has 20 heavy (non-hydrogen) atoms. The van der Waals surface area contributed by atoms with E-state index in [1.54, 1.807) is 11.3 Å². The van der Waals surface area contributed by atoms with Crippen LogP contribution < -0.4 is 10.6 Å². The number of hydrogen-bond donors (Lipinski definition) is 1. The molecular weight excluding hydrogens is 288 g/mol. The van der Waals surface area contributed by atoms with Gasteiger partial charge in [-0.1, -0.05) is 13.3 Å². The van der Waals surface area contributed by atoms with E-state index >= 15 is 0 Å². The van der Waals surface area contributed by atoms with Crippen LogP contribution in [0.1, 0.15) is 31.2 Å². The Labute approximate surface area is 127 Å². The molecule has 0 aromatic carbocycles. The van der Waals surface area contributed by atoms with Gasteiger partial charge in [-0.05, 0) is 37.2 Å². The minimum absolute atomic E-state index is 0.619. The Morgan fingerprint density at radius 1 is 1.50 bits per heavy atom. The molecule has 1 atom stereocenters. The van der Waals surface area contributed by atoms with Crippen LogP contribution >= 0.6 is 22.9 Å².